The third-order valence-corrected chi connectivity index (χ3v) is 7.22. The van der Waals surface area contributed by atoms with Gasteiger partial charge >= 0.3 is 0 Å². The number of carbonyl (C=O) groups is 2. The van der Waals surface area contributed by atoms with E-state index in [1.165, 1.54) is 10.6 Å². The van der Waals surface area contributed by atoms with Gasteiger partial charge in [0.1, 0.15) is 6.04 Å². The molecular formula is C28H41N3O4S. The molecule has 7 nitrogen and oxygen atoms in total. The Morgan fingerprint density at radius 3 is 2.17 bits per heavy atom. The maximum atomic E-state index is 13.4. The lowest BCUT2D eigenvalue weighted by atomic mass is 10.1. The second kappa shape index (κ2) is 14.0. The molecule has 2 amide bonds. The molecule has 1 N–H and O–H groups in total. The highest BCUT2D eigenvalue weighted by atomic mass is 32.2. The molecule has 0 saturated carbocycles. The quantitative estimate of drug-likeness (QED) is 0.409. The van der Waals surface area contributed by atoms with Gasteiger partial charge in [-0.1, -0.05) is 68.8 Å². The molecule has 0 aliphatic heterocycles. The minimum absolute atomic E-state index is 0.144. The molecule has 0 aliphatic carbocycles. The van der Waals surface area contributed by atoms with Crippen LogP contribution in [0.3, 0.4) is 0 Å². The fraction of sp³-hybridized carbons (Fsp3) is 0.500. The standard InChI is InChI=1S/C28H41N3O4S/c1-6-26(28(33)29-21-22(2)3)30(20-18-24-11-8-7-9-12-24)27(32)13-10-19-31(36(5,34)35)25-16-14-23(4)15-17-25/h7-9,11-12,14-17,22,26H,6,10,13,18-21H2,1-5H3,(H,29,33). The van der Waals surface area contributed by atoms with Gasteiger partial charge < -0.3 is 10.2 Å². The monoisotopic (exact) mass is 515 g/mol. The Kier molecular flexibility index (Phi) is 11.4. The van der Waals surface area contributed by atoms with Gasteiger partial charge in [0.05, 0.1) is 11.9 Å². The number of nitrogens with one attached hydrogen (secondary N) is 1. The molecule has 198 valence electrons. The zero-order chi connectivity index (χ0) is 26.7. The van der Waals surface area contributed by atoms with Crippen molar-refractivity contribution in [1.82, 2.24) is 10.2 Å². The molecular weight excluding hydrogens is 474 g/mol. The van der Waals surface area contributed by atoms with Crippen molar-refractivity contribution in [3.05, 3.63) is 65.7 Å². The molecule has 2 aromatic carbocycles. The van der Waals surface area contributed by atoms with Crippen molar-refractivity contribution in [2.75, 3.05) is 30.2 Å². The molecule has 2 aromatic rings. The number of rotatable bonds is 14. The van der Waals surface area contributed by atoms with E-state index < -0.39 is 16.1 Å². The molecule has 36 heavy (non-hydrogen) atoms. The molecule has 1 atom stereocenters. The summed E-state index contributed by atoms with van der Waals surface area (Å²) in [6.45, 7) is 9.07. The number of hydrogen-bond acceptors (Lipinski definition) is 4. The van der Waals surface area contributed by atoms with Crippen LogP contribution in [0.1, 0.15) is 51.2 Å². The SMILES string of the molecule is CCC(C(=O)NCC(C)C)N(CCc1ccccc1)C(=O)CCCN(c1ccc(C)cc1)S(C)(=O)=O. The van der Waals surface area contributed by atoms with Gasteiger partial charge in [-0.2, -0.15) is 0 Å². The second-order valence-corrected chi connectivity index (χ2v) is 11.6. The maximum absolute atomic E-state index is 13.4. The highest BCUT2D eigenvalue weighted by molar-refractivity contribution is 7.92. The van der Waals surface area contributed by atoms with Crippen LogP contribution in [-0.4, -0.2) is 57.1 Å². The summed E-state index contributed by atoms with van der Waals surface area (Å²) in [5, 5.41) is 2.97. The summed E-state index contributed by atoms with van der Waals surface area (Å²) in [4.78, 5) is 28.0. The predicted molar refractivity (Wildman–Crippen MR) is 146 cm³/mol. The van der Waals surface area contributed by atoms with Gasteiger partial charge in [0.25, 0.3) is 0 Å². The maximum Gasteiger partial charge on any atom is 0.242 e. The van der Waals surface area contributed by atoms with Crippen LogP contribution in [0.2, 0.25) is 0 Å². The minimum atomic E-state index is -3.50. The van der Waals surface area contributed by atoms with Crippen molar-refractivity contribution in [3.8, 4) is 0 Å². The average molecular weight is 516 g/mol. The number of carbonyl (C=O) groups excluding carboxylic acids is 2. The van der Waals surface area contributed by atoms with Crippen LogP contribution in [0.4, 0.5) is 5.69 Å². The summed E-state index contributed by atoms with van der Waals surface area (Å²) in [6.07, 6.45) is 2.82. The van der Waals surface area contributed by atoms with E-state index in [1.807, 2.05) is 70.2 Å². The summed E-state index contributed by atoms with van der Waals surface area (Å²) < 4.78 is 26.2. The van der Waals surface area contributed by atoms with Gasteiger partial charge in [0, 0.05) is 26.1 Å². The highest BCUT2D eigenvalue weighted by Gasteiger charge is 2.28. The summed E-state index contributed by atoms with van der Waals surface area (Å²) in [6, 6.07) is 16.6. The molecule has 8 heteroatoms. The first kappa shape index (κ1) is 29.4. The van der Waals surface area contributed by atoms with Crippen LogP contribution in [0, 0.1) is 12.8 Å². The number of aryl methyl sites for hydroxylation is 1. The van der Waals surface area contributed by atoms with E-state index in [9.17, 15) is 18.0 Å². The molecule has 0 saturated heterocycles. The van der Waals surface area contributed by atoms with Gasteiger partial charge in [-0.15, -0.1) is 0 Å². The molecule has 0 bridgehead atoms. The normalized spacial score (nSPS) is 12.3. The minimum Gasteiger partial charge on any atom is -0.354 e. The Balaban J connectivity index is 2.14. The van der Waals surface area contributed by atoms with Gasteiger partial charge in [-0.25, -0.2) is 8.42 Å². The smallest absolute Gasteiger partial charge is 0.242 e. The third kappa shape index (κ3) is 9.30. The zero-order valence-electron chi connectivity index (χ0n) is 22.2. The molecule has 0 heterocycles. The fourth-order valence-corrected chi connectivity index (χ4v) is 5.00. The van der Waals surface area contributed by atoms with Crippen LogP contribution in [0.15, 0.2) is 54.6 Å². The number of hydrogen-bond donors (Lipinski definition) is 1. The Morgan fingerprint density at radius 1 is 0.972 bits per heavy atom. The number of benzene rings is 2. The molecule has 0 aliphatic rings. The van der Waals surface area contributed by atoms with Gasteiger partial charge in [0.15, 0.2) is 0 Å². The van der Waals surface area contributed by atoms with Gasteiger partial charge in [-0.3, -0.25) is 13.9 Å². The molecule has 0 aromatic heterocycles. The molecule has 2 rings (SSSR count). The van der Waals surface area contributed by atoms with E-state index >= 15 is 0 Å². The first-order valence-corrected chi connectivity index (χ1v) is 14.5. The lowest BCUT2D eigenvalue weighted by Gasteiger charge is -2.31. The number of sulfonamides is 1. The van der Waals surface area contributed by atoms with E-state index in [4.69, 9.17) is 0 Å². The Bertz CT molecular complexity index is 1070. The van der Waals surface area contributed by atoms with Crippen molar-refractivity contribution < 1.29 is 18.0 Å². The lowest BCUT2D eigenvalue weighted by molar-refractivity contribution is -0.140. The number of anilines is 1. The van der Waals surface area contributed by atoms with Crippen LogP contribution < -0.4 is 9.62 Å². The topological polar surface area (TPSA) is 86.8 Å². The van der Waals surface area contributed by atoms with E-state index in [0.717, 1.165) is 11.1 Å². The van der Waals surface area contributed by atoms with Crippen LogP contribution in [-0.2, 0) is 26.0 Å². The van der Waals surface area contributed by atoms with Crippen LogP contribution >= 0.6 is 0 Å². The Labute approximate surface area is 216 Å². The highest BCUT2D eigenvalue weighted by Crippen LogP contribution is 2.19. The largest absolute Gasteiger partial charge is 0.354 e. The van der Waals surface area contributed by atoms with Gasteiger partial charge in [0.2, 0.25) is 21.8 Å². The van der Waals surface area contributed by atoms with Crippen molar-refractivity contribution >= 4 is 27.5 Å². The zero-order valence-corrected chi connectivity index (χ0v) is 23.1. The van der Waals surface area contributed by atoms with E-state index in [2.05, 4.69) is 5.32 Å². The van der Waals surface area contributed by atoms with Gasteiger partial charge in [-0.05, 0) is 49.8 Å². The van der Waals surface area contributed by atoms with Crippen LogP contribution in [0.25, 0.3) is 0 Å². The first-order valence-electron chi connectivity index (χ1n) is 12.7. The molecule has 1 unspecified atom stereocenters. The fourth-order valence-electron chi connectivity index (χ4n) is 4.03. The van der Waals surface area contributed by atoms with Crippen LogP contribution in [0.5, 0.6) is 0 Å². The Morgan fingerprint density at radius 2 is 1.61 bits per heavy atom. The average Bonchev–Trinajstić information content (AvgIpc) is 2.83. The third-order valence-electron chi connectivity index (χ3n) is 6.03. The van der Waals surface area contributed by atoms with E-state index in [-0.39, 0.29) is 24.8 Å². The second-order valence-electron chi connectivity index (χ2n) is 9.66. The van der Waals surface area contributed by atoms with Crippen molar-refractivity contribution in [2.24, 2.45) is 5.92 Å². The Hall–Kier alpha value is -2.87. The summed E-state index contributed by atoms with van der Waals surface area (Å²) in [5.74, 6) is 0.0172. The van der Waals surface area contributed by atoms with Crippen molar-refractivity contribution in [2.45, 2.75) is 59.4 Å². The summed E-state index contributed by atoms with van der Waals surface area (Å²) >= 11 is 0. The molecule has 0 fully saturated rings. The number of amides is 2. The van der Waals surface area contributed by atoms with Crippen molar-refractivity contribution in [1.29, 1.82) is 0 Å². The molecule has 0 radical (unpaired) electrons. The molecule has 0 spiro atoms. The predicted octanol–water partition coefficient (Wildman–Crippen LogP) is 4.16. The first-order chi connectivity index (χ1) is 17.0. The van der Waals surface area contributed by atoms with Crippen molar-refractivity contribution in [3.63, 3.8) is 0 Å². The van der Waals surface area contributed by atoms with E-state index in [1.54, 1.807) is 17.0 Å². The number of nitrogens with zero attached hydrogens (tertiary/aromatic N) is 2. The van der Waals surface area contributed by atoms with E-state index in [0.29, 0.717) is 44.0 Å². The summed E-state index contributed by atoms with van der Waals surface area (Å²) in [7, 11) is -3.50. The summed E-state index contributed by atoms with van der Waals surface area (Å²) in [5.41, 5.74) is 2.71. The lowest BCUT2D eigenvalue weighted by Crippen LogP contribution is -2.50.